The van der Waals surface area contributed by atoms with Crippen LogP contribution in [-0.2, 0) is 22.6 Å². The summed E-state index contributed by atoms with van der Waals surface area (Å²) in [7, 11) is 0. The Hall–Kier alpha value is -4.38. The number of hydrogen-bond acceptors (Lipinski definition) is 2. The van der Waals surface area contributed by atoms with E-state index in [4.69, 9.17) is 9.47 Å². The van der Waals surface area contributed by atoms with Gasteiger partial charge in [-0.25, -0.2) is 0 Å². The maximum Gasteiger partial charge on any atom is 0.0565 e. The molecule has 0 atom stereocenters. The molecule has 4 aromatic carbocycles. The molecule has 2 aromatic heterocycles. The van der Waals surface area contributed by atoms with Crippen molar-refractivity contribution in [3.63, 3.8) is 0 Å². The van der Waals surface area contributed by atoms with Crippen LogP contribution in [0.2, 0.25) is 0 Å². The molecule has 4 heterocycles. The molecule has 2 fully saturated rings. The standard InChI is InChI=1S/C40H38N2O2/c1-39(25-43-26-39)23-41-35-19-11-9-17-31(35)33(37(41)29-13-5-3-6-14-29)21-22-34-32-18-10-12-20-36(32)42(24-40(2)27-44-28-40)38(34)30-15-7-4-8-16-30/h3-22H,23-28H2,1-2H3/b22-21+. The summed E-state index contributed by atoms with van der Waals surface area (Å²) in [6, 6.07) is 39.5. The minimum absolute atomic E-state index is 0.127. The molecule has 44 heavy (non-hydrogen) atoms. The predicted octanol–water partition coefficient (Wildman–Crippen LogP) is 9.17. The average Bonchev–Trinajstić information content (AvgIpc) is 3.51. The van der Waals surface area contributed by atoms with Gasteiger partial charge in [0.25, 0.3) is 0 Å². The Bertz CT molecular complexity index is 1840. The minimum Gasteiger partial charge on any atom is -0.380 e. The molecule has 0 radical (unpaired) electrons. The summed E-state index contributed by atoms with van der Waals surface area (Å²) in [6.45, 7) is 9.69. The molecule has 2 aliphatic heterocycles. The Morgan fingerprint density at radius 1 is 0.523 bits per heavy atom. The topological polar surface area (TPSA) is 28.3 Å². The molecule has 4 heteroatoms. The summed E-state index contributed by atoms with van der Waals surface area (Å²) in [5.74, 6) is 0. The van der Waals surface area contributed by atoms with Gasteiger partial charge >= 0.3 is 0 Å². The van der Waals surface area contributed by atoms with Crippen LogP contribution in [0.3, 0.4) is 0 Å². The molecule has 8 rings (SSSR count). The zero-order valence-corrected chi connectivity index (χ0v) is 25.5. The van der Waals surface area contributed by atoms with Crippen LogP contribution < -0.4 is 0 Å². The van der Waals surface area contributed by atoms with Gasteiger partial charge < -0.3 is 18.6 Å². The zero-order valence-electron chi connectivity index (χ0n) is 25.5. The highest BCUT2D eigenvalue weighted by Crippen LogP contribution is 2.42. The second-order valence-electron chi connectivity index (χ2n) is 13.4. The van der Waals surface area contributed by atoms with Crippen LogP contribution in [0.15, 0.2) is 109 Å². The van der Waals surface area contributed by atoms with Crippen molar-refractivity contribution in [3.8, 4) is 22.5 Å². The first-order chi connectivity index (χ1) is 21.5. The van der Waals surface area contributed by atoms with Crippen LogP contribution in [0.25, 0.3) is 56.5 Å². The molecule has 0 saturated carbocycles. The molecule has 6 aromatic rings. The Balaban J connectivity index is 1.36. The lowest BCUT2D eigenvalue weighted by Crippen LogP contribution is -2.43. The summed E-state index contributed by atoms with van der Waals surface area (Å²) in [6.07, 6.45) is 4.74. The highest BCUT2D eigenvalue weighted by atomic mass is 16.5. The SMILES string of the molecule is CC1(Cn2c(-c3ccccc3)c(/C=C/c3c(-c4ccccc4)n(CC4(C)COC4)c4ccccc34)c3ccccc32)COC1. The Morgan fingerprint density at radius 2 is 0.886 bits per heavy atom. The van der Waals surface area contributed by atoms with Gasteiger partial charge in [0.1, 0.15) is 0 Å². The third-order valence-corrected chi connectivity index (χ3v) is 9.41. The number of nitrogens with zero attached hydrogens (tertiary/aromatic N) is 2. The molecule has 0 unspecified atom stereocenters. The van der Waals surface area contributed by atoms with E-state index in [0.717, 1.165) is 39.5 Å². The summed E-state index contributed by atoms with van der Waals surface area (Å²) in [4.78, 5) is 0. The summed E-state index contributed by atoms with van der Waals surface area (Å²) in [5.41, 5.74) is 10.3. The van der Waals surface area contributed by atoms with Crippen molar-refractivity contribution in [1.29, 1.82) is 0 Å². The van der Waals surface area contributed by atoms with Gasteiger partial charge in [0.05, 0.1) is 37.8 Å². The van der Waals surface area contributed by atoms with Crippen LogP contribution in [0.5, 0.6) is 0 Å². The van der Waals surface area contributed by atoms with Gasteiger partial charge in [-0.1, -0.05) is 123 Å². The van der Waals surface area contributed by atoms with E-state index in [1.54, 1.807) is 0 Å². The van der Waals surface area contributed by atoms with E-state index in [0.29, 0.717) is 0 Å². The largest absolute Gasteiger partial charge is 0.380 e. The second-order valence-corrected chi connectivity index (χ2v) is 13.4. The van der Waals surface area contributed by atoms with Gasteiger partial charge in [0, 0.05) is 56.9 Å². The van der Waals surface area contributed by atoms with Crippen molar-refractivity contribution >= 4 is 34.0 Å². The van der Waals surface area contributed by atoms with Gasteiger partial charge in [-0.05, 0) is 23.3 Å². The van der Waals surface area contributed by atoms with Crippen LogP contribution in [0, 0.1) is 10.8 Å². The number of aromatic nitrogens is 2. The van der Waals surface area contributed by atoms with Crippen molar-refractivity contribution in [2.24, 2.45) is 10.8 Å². The van der Waals surface area contributed by atoms with E-state index in [1.807, 2.05) is 0 Å². The first kappa shape index (κ1) is 27.2. The molecule has 220 valence electrons. The molecule has 0 amide bonds. The lowest BCUT2D eigenvalue weighted by Gasteiger charge is -2.39. The van der Waals surface area contributed by atoms with E-state index in [1.165, 1.54) is 55.4 Å². The van der Waals surface area contributed by atoms with Gasteiger partial charge in [-0.2, -0.15) is 0 Å². The monoisotopic (exact) mass is 578 g/mol. The van der Waals surface area contributed by atoms with Crippen molar-refractivity contribution in [2.45, 2.75) is 26.9 Å². The quantitative estimate of drug-likeness (QED) is 0.180. The first-order valence-electron chi connectivity index (χ1n) is 15.7. The molecular weight excluding hydrogens is 540 g/mol. The molecular formula is C40H38N2O2. The van der Waals surface area contributed by atoms with E-state index in [9.17, 15) is 0 Å². The lowest BCUT2D eigenvalue weighted by molar-refractivity contribution is -0.109. The number of para-hydroxylation sites is 2. The number of fused-ring (bicyclic) bond motifs is 2. The zero-order chi connectivity index (χ0) is 29.7. The van der Waals surface area contributed by atoms with Crippen molar-refractivity contribution in [3.05, 3.63) is 120 Å². The van der Waals surface area contributed by atoms with Crippen LogP contribution in [0.4, 0.5) is 0 Å². The van der Waals surface area contributed by atoms with Gasteiger partial charge in [0.15, 0.2) is 0 Å². The number of rotatable bonds is 8. The number of ether oxygens (including phenoxy) is 2. The molecule has 2 aliphatic rings. The maximum absolute atomic E-state index is 5.69. The van der Waals surface area contributed by atoms with Crippen LogP contribution >= 0.6 is 0 Å². The van der Waals surface area contributed by atoms with E-state index >= 15 is 0 Å². The third-order valence-electron chi connectivity index (χ3n) is 9.41. The van der Waals surface area contributed by atoms with Gasteiger partial charge in [-0.15, -0.1) is 0 Å². The predicted molar refractivity (Wildman–Crippen MR) is 182 cm³/mol. The summed E-state index contributed by atoms with van der Waals surface area (Å²) < 4.78 is 16.4. The number of hydrogen-bond donors (Lipinski definition) is 0. The lowest BCUT2D eigenvalue weighted by atomic mass is 9.88. The van der Waals surface area contributed by atoms with E-state index < -0.39 is 0 Å². The van der Waals surface area contributed by atoms with Crippen LogP contribution in [-0.4, -0.2) is 35.6 Å². The molecule has 0 spiro atoms. The minimum atomic E-state index is 0.127. The fourth-order valence-corrected chi connectivity index (χ4v) is 7.15. The fourth-order valence-electron chi connectivity index (χ4n) is 7.15. The number of benzene rings is 4. The van der Waals surface area contributed by atoms with Crippen LogP contribution in [0.1, 0.15) is 25.0 Å². The smallest absolute Gasteiger partial charge is 0.0565 e. The highest BCUT2D eigenvalue weighted by Gasteiger charge is 2.36. The van der Waals surface area contributed by atoms with Crippen molar-refractivity contribution in [1.82, 2.24) is 9.13 Å². The summed E-state index contributed by atoms with van der Waals surface area (Å²) in [5, 5.41) is 2.55. The average molecular weight is 579 g/mol. The van der Waals surface area contributed by atoms with Gasteiger partial charge in [-0.3, -0.25) is 0 Å². The van der Waals surface area contributed by atoms with Crippen molar-refractivity contribution in [2.75, 3.05) is 26.4 Å². The second kappa shape index (κ2) is 10.7. The first-order valence-corrected chi connectivity index (χ1v) is 15.7. The normalized spacial score (nSPS) is 17.2. The molecule has 0 aliphatic carbocycles. The Kier molecular flexibility index (Phi) is 6.58. The fraction of sp³-hybridized carbons (Fsp3) is 0.250. The van der Waals surface area contributed by atoms with Crippen molar-refractivity contribution < 1.29 is 9.47 Å². The highest BCUT2D eigenvalue weighted by molar-refractivity contribution is 6.04. The molecule has 0 N–H and O–H groups in total. The molecule has 4 nitrogen and oxygen atoms in total. The Labute approximate surface area is 259 Å². The third kappa shape index (κ3) is 4.61. The van der Waals surface area contributed by atoms with Gasteiger partial charge in [0.2, 0.25) is 0 Å². The maximum atomic E-state index is 5.69. The Morgan fingerprint density at radius 3 is 1.25 bits per heavy atom. The van der Waals surface area contributed by atoms with E-state index in [-0.39, 0.29) is 10.8 Å². The molecule has 0 bridgehead atoms. The van der Waals surface area contributed by atoms with E-state index in [2.05, 4.69) is 144 Å². The summed E-state index contributed by atoms with van der Waals surface area (Å²) >= 11 is 0. The molecule has 2 saturated heterocycles.